The Morgan fingerprint density at radius 1 is 1.22 bits per heavy atom. The van der Waals surface area contributed by atoms with Crippen LogP contribution in [-0.2, 0) is 6.54 Å². The Kier molecular flexibility index (Phi) is 6.13. The molecule has 1 heterocycles. The molecule has 130 valence electrons. The number of nitrogens with zero attached hydrogens (tertiary/aromatic N) is 1. The molecule has 1 N–H and O–H groups in total. The lowest BCUT2D eigenvalue weighted by molar-refractivity contribution is 0.373. The van der Waals surface area contributed by atoms with E-state index in [0.717, 1.165) is 13.1 Å². The minimum Gasteiger partial charge on any atom is -0.366 e. The lowest BCUT2D eigenvalue weighted by atomic mass is 9.79. The first-order valence-corrected chi connectivity index (χ1v) is 9.52. The van der Waals surface area contributed by atoms with Crippen molar-refractivity contribution >= 4 is 5.69 Å². The molecule has 2 nitrogen and oxygen atoms in total. The van der Waals surface area contributed by atoms with Gasteiger partial charge in [0.1, 0.15) is 0 Å². The molecule has 0 saturated carbocycles. The van der Waals surface area contributed by atoms with Crippen molar-refractivity contribution in [3.8, 4) is 0 Å². The van der Waals surface area contributed by atoms with Crippen molar-refractivity contribution in [1.29, 1.82) is 0 Å². The van der Waals surface area contributed by atoms with Crippen LogP contribution < -0.4 is 10.2 Å². The van der Waals surface area contributed by atoms with Crippen molar-refractivity contribution in [3.63, 3.8) is 0 Å². The largest absolute Gasteiger partial charge is 0.366 e. The fourth-order valence-corrected chi connectivity index (χ4v) is 4.01. The van der Waals surface area contributed by atoms with Crippen molar-refractivity contribution in [2.24, 2.45) is 0 Å². The van der Waals surface area contributed by atoms with Crippen LogP contribution in [0.1, 0.15) is 82.9 Å². The summed E-state index contributed by atoms with van der Waals surface area (Å²) in [5, 5.41) is 3.56. The third-order valence-electron chi connectivity index (χ3n) is 5.32. The van der Waals surface area contributed by atoms with Gasteiger partial charge in [-0.15, -0.1) is 0 Å². The van der Waals surface area contributed by atoms with E-state index in [1.54, 1.807) is 5.56 Å². The summed E-state index contributed by atoms with van der Waals surface area (Å²) in [5.74, 6) is 0.642. The highest BCUT2D eigenvalue weighted by molar-refractivity contribution is 5.62. The number of unbranched alkanes of at least 4 members (excludes halogenated alkanes) is 1. The molecule has 0 spiro atoms. The lowest BCUT2D eigenvalue weighted by Gasteiger charge is -2.48. The van der Waals surface area contributed by atoms with Crippen molar-refractivity contribution in [2.45, 2.75) is 85.2 Å². The van der Waals surface area contributed by atoms with E-state index < -0.39 is 0 Å². The summed E-state index contributed by atoms with van der Waals surface area (Å²) >= 11 is 0. The van der Waals surface area contributed by atoms with Crippen molar-refractivity contribution < 1.29 is 0 Å². The van der Waals surface area contributed by atoms with E-state index >= 15 is 0 Å². The van der Waals surface area contributed by atoms with E-state index in [2.05, 4.69) is 63.9 Å². The van der Waals surface area contributed by atoms with Gasteiger partial charge in [0.15, 0.2) is 0 Å². The minimum atomic E-state index is 0.260. The Bertz CT molecular complexity index is 519. The van der Waals surface area contributed by atoms with Crippen molar-refractivity contribution in [2.75, 3.05) is 18.0 Å². The molecule has 1 atom stereocenters. The smallest absolute Gasteiger partial charge is 0.0408 e. The average Bonchev–Trinajstić information content (AvgIpc) is 2.47. The summed E-state index contributed by atoms with van der Waals surface area (Å²) in [7, 11) is 0. The number of anilines is 1. The molecule has 1 aliphatic heterocycles. The first-order valence-electron chi connectivity index (χ1n) is 9.52. The topological polar surface area (TPSA) is 15.3 Å². The number of hydrogen-bond donors (Lipinski definition) is 1. The van der Waals surface area contributed by atoms with Crippen molar-refractivity contribution in [1.82, 2.24) is 5.32 Å². The molecule has 0 aliphatic carbocycles. The highest BCUT2D eigenvalue weighted by Crippen LogP contribution is 2.44. The molecule has 1 aliphatic rings. The Labute approximate surface area is 143 Å². The normalized spacial score (nSPS) is 19.7. The summed E-state index contributed by atoms with van der Waals surface area (Å²) in [6.45, 7) is 17.3. The first-order chi connectivity index (χ1) is 10.9. The van der Waals surface area contributed by atoms with E-state index in [-0.39, 0.29) is 5.54 Å². The summed E-state index contributed by atoms with van der Waals surface area (Å²) in [6, 6.07) is 4.93. The van der Waals surface area contributed by atoms with Gasteiger partial charge >= 0.3 is 0 Å². The third-order valence-corrected chi connectivity index (χ3v) is 5.32. The zero-order valence-electron chi connectivity index (χ0n) is 16.1. The number of nitrogens with one attached hydrogen (secondary N) is 1. The Hall–Kier alpha value is -1.02. The van der Waals surface area contributed by atoms with Crippen LogP contribution in [0.3, 0.4) is 0 Å². The highest BCUT2D eigenvalue weighted by Gasteiger charge is 2.36. The van der Waals surface area contributed by atoms with E-state index in [0.29, 0.717) is 5.92 Å². The molecular formula is C21H36N2. The Balaban J connectivity index is 2.34. The molecule has 0 unspecified atom stereocenters. The van der Waals surface area contributed by atoms with E-state index in [1.165, 1.54) is 49.0 Å². The molecular weight excluding hydrogens is 280 g/mol. The van der Waals surface area contributed by atoms with Crippen LogP contribution in [0.15, 0.2) is 12.1 Å². The lowest BCUT2D eigenvalue weighted by Crippen LogP contribution is -2.48. The van der Waals surface area contributed by atoms with Crippen LogP contribution in [0.2, 0.25) is 0 Å². The highest BCUT2D eigenvalue weighted by atomic mass is 15.2. The summed E-state index contributed by atoms with van der Waals surface area (Å²) in [4.78, 5) is 2.67. The molecule has 0 saturated heterocycles. The number of benzene rings is 1. The van der Waals surface area contributed by atoms with Gasteiger partial charge in [-0.1, -0.05) is 33.3 Å². The Morgan fingerprint density at radius 2 is 1.96 bits per heavy atom. The quantitative estimate of drug-likeness (QED) is 0.679. The fourth-order valence-electron chi connectivity index (χ4n) is 4.01. The average molecular weight is 317 g/mol. The van der Waals surface area contributed by atoms with Gasteiger partial charge in [0.25, 0.3) is 0 Å². The predicted octanol–water partition coefficient (Wildman–Crippen LogP) is 5.39. The molecule has 0 radical (unpaired) electrons. The minimum absolute atomic E-state index is 0.260. The molecule has 1 aromatic rings. The zero-order valence-corrected chi connectivity index (χ0v) is 16.1. The second-order valence-electron chi connectivity index (χ2n) is 7.94. The van der Waals surface area contributed by atoms with Crippen LogP contribution in [-0.4, -0.2) is 18.6 Å². The maximum Gasteiger partial charge on any atom is 0.0408 e. The van der Waals surface area contributed by atoms with E-state index in [9.17, 15) is 0 Å². The van der Waals surface area contributed by atoms with Gasteiger partial charge in [0, 0.05) is 24.3 Å². The molecule has 2 rings (SSSR count). The number of aryl methyl sites for hydroxylation is 1. The van der Waals surface area contributed by atoms with Gasteiger partial charge in [0.05, 0.1) is 0 Å². The summed E-state index contributed by atoms with van der Waals surface area (Å²) < 4.78 is 0. The maximum absolute atomic E-state index is 3.56. The van der Waals surface area contributed by atoms with Gasteiger partial charge in [-0.3, -0.25) is 0 Å². The molecule has 0 aromatic heterocycles. The van der Waals surface area contributed by atoms with Crippen LogP contribution >= 0.6 is 0 Å². The first kappa shape index (κ1) is 18.3. The second-order valence-corrected chi connectivity index (χ2v) is 7.94. The second kappa shape index (κ2) is 7.70. The van der Waals surface area contributed by atoms with Crippen molar-refractivity contribution in [3.05, 3.63) is 28.8 Å². The SMILES string of the molecule is CCCCN1c2cc(C)c(CNCCC)cc2[C@@H](C)CC1(C)C. The molecule has 0 bridgehead atoms. The van der Waals surface area contributed by atoms with Gasteiger partial charge in [-0.25, -0.2) is 0 Å². The van der Waals surface area contributed by atoms with Gasteiger partial charge in [-0.05, 0) is 75.3 Å². The van der Waals surface area contributed by atoms with Crippen LogP contribution in [0.25, 0.3) is 0 Å². The van der Waals surface area contributed by atoms with E-state index in [4.69, 9.17) is 0 Å². The summed E-state index contributed by atoms with van der Waals surface area (Å²) in [5.41, 5.74) is 6.20. The molecule has 0 fully saturated rings. The molecule has 23 heavy (non-hydrogen) atoms. The number of fused-ring (bicyclic) bond motifs is 1. The Morgan fingerprint density at radius 3 is 2.61 bits per heavy atom. The molecule has 1 aromatic carbocycles. The van der Waals surface area contributed by atoms with E-state index in [1.807, 2.05) is 0 Å². The monoisotopic (exact) mass is 316 g/mol. The van der Waals surface area contributed by atoms with Gasteiger partial charge in [-0.2, -0.15) is 0 Å². The number of rotatable bonds is 7. The molecule has 2 heteroatoms. The van der Waals surface area contributed by atoms with Crippen LogP contribution in [0.4, 0.5) is 5.69 Å². The summed E-state index contributed by atoms with van der Waals surface area (Å²) in [6.07, 6.45) is 4.97. The number of hydrogen-bond acceptors (Lipinski definition) is 2. The van der Waals surface area contributed by atoms with Gasteiger partial charge < -0.3 is 10.2 Å². The standard InChI is InChI=1S/C21H36N2/c1-7-9-11-23-20-12-16(3)18(15-22-10-8-2)13-19(20)17(4)14-21(23,5)6/h12-13,17,22H,7-11,14-15H2,1-6H3/t17-/m0/s1. The van der Waals surface area contributed by atoms with Gasteiger partial charge in [0.2, 0.25) is 0 Å². The fraction of sp³-hybridized carbons (Fsp3) is 0.714. The third kappa shape index (κ3) is 4.09. The maximum atomic E-state index is 3.56. The molecule has 0 amide bonds. The van der Waals surface area contributed by atoms with Crippen LogP contribution in [0, 0.1) is 6.92 Å². The zero-order chi connectivity index (χ0) is 17.0. The van der Waals surface area contributed by atoms with Crippen LogP contribution in [0.5, 0.6) is 0 Å². The predicted molar refractivity (Wildman–Crippen MR) is 103 cm³/mol.